The molecule has 1 atom stereocenters. The number of rotatable bonds is 5. The number of halogens is 1. The van der Waals surface area contributed by atoms with Crippen molar-refractivity contribution in [2.45, 2.75) is 62.9 Å². The molecule has 0 aliphatic carbocycles. The van der Waals surface area contributed by atoms with Gasteiger partial charge in [-0.15, -0.1) is 0 Å². The Balaban J connectivity index is 3.67. The van der Waals surface area contributed by atoms with E-state index in [1.165, 1.54) is 5.30 Å². The minimum atomic E-state index is -1.43. The Morgan fingerprint density at radius 1 is 0.714 bits per heavy atom. The van der Waals surface area contributed by atoms with Crippen LogP contribution in [0.4, 0.5) is 0 Å². The van der Waals surface area contributed by atoms with Gasteiger partial charge >= 0.3 is 0 Å². The average Bonchev–Trinajstić information content (AvgIpc) is 2.24. The van der Waals surface area contributed by atoms with Crippen LogP contribution < -0.4 is 5.30 Å². The summed E-state index contributed by atoms with van der Waals surface area (Å²) in [6.07, 6.45) is 0. The van der Waals surface area contributed by atoms with Crippen LogP contribution in [0.5, 0.6) is 0 Å². The average molecular weight is 375 g/mol. The first-order valence-corrected chi connectivity index (χ1v) is 20.5. The van der Waals surface area contributed by atoms with Gasteiger partial charge in [0, 0.05) is 7.27 Å². The quantitative estimate of drug-likeness (QED) is 0.418. The summed E-state index contributed by atoms with van der Waals surface area (Å²) in [7, 11) is -4.93. The van der Waals surface area contributed by atoms with E-state index >= 15 is 0 Å². The number of benzene rings is 1. The molecule has 0 amide bonds. The van der Waals surface area contributed by atoms with Crippen molar-refractivity contribution >= 4 is 48.0 Å². The van der Waals surface area contributed by atoms with Crippen LogP contribution in [0.25, 0.3) is 0 Å². The summed E-state index contributed by atoms with van der Waals surface area (Å²) in [5.41, 5.74) is 0. The molecule has 0 heterocycles. The fourth-order valence-corrected chi connectivity index (χ4v) is 48.2. The van der Waals surface area contributed by atoms with Gasteiger partial charge in [0.2, 0.25) is 0 Å². The van der Waals surface area contributed by atoms with Gasteiger partial charge in [0.05, 0.1) is 24.2 Å². The van der Waals surface area contributed by atoms with Crippen molar-refractivity contribution in [2.24, 2.45) is 0 Å². The molecule has 5 heteroatoms. The molecule has 0 N–H and O–H groups in total. The summed E-state index contributed by atoms with van der Waals surface area (Å²) >= 11 is 7.35. The second-order valence-electron chi connectivity index (χ2n) is 9.08. The second kappa shape index (κ2) is 6.24. The zero-order valence-corrected chi connectivity index (χ0v) is 19.9. The van der Waals surface area contributed by atoms with Crippen LogP contribution in [0.2, 0.25) is 58.9 Å². The van der Waals surface area contributed by atoms with E-state index in [1.807, 2.05) is 0 Å². The van der Waals surface area contributed by atoms with Crippen LogP contribution in [-0.4, -0.2) is 28.2 Å². The van der Waals surface area contributed by atoms with Crippen molar-refractivity contribution in [3.63, 3.8) is 0 Å². The Labute approximate surface area is 141 Å². The lowest BCUT2D eigenvalue weighted by molar-refractivity contribution is 1.27. The lowest BCUT2D eigenvalue weighted by Gasteiger charge is -2.61. The van der Waals surface area contributed by atoms with Crippen molar-refractivity contribution in [2.75, 3.05) is 0 Å². The molecule has 0 saturated carbocycles. The molecule has 120 valence electrons. The zero-order chi connectivity index (χ0) is 16.7. The van der Waals surface area contributed by atoms with Gasteiger partial charge in [-0.25, -0.2) is 0 Å². The Bertz CT molecular complexity index is 433. The molecule has 1 rings (SSSR count). The fourth-order valence-electron chi connectivity index (χ4n) is 5.01. The minimum absolute atomic E-state index is 0.422. The van der Waals surface area contributed by atoms with Gasteiger partial charge in [-0.1, -0.05) is 100 Å². The highest BCUT2D eigenvalue weighted by molar-refractivity contribution is 7.97. The predicted octanol–water partition coefficient (Wildman–Crippen LogP) is 6.32. The van der Waals surface area contributed by atoms with Gasteiger partial charge in [0.25, 0.3) is 0 Å². The topological polar surface area (TPSA) is 0 Å². The predicted molar refractivity (Wildman–Crippen MR) is 112 cm³/mol. The van der Waals surface area contributed by atoms with Crippen LogP contribution in [0.3, 0.4) is 0 Å². The van der Waals surface area contributed by atoms with Crippen LogP contribution in [0.1, 0.15) is 0 Å². The molecule has 21 heavy (non-hydrogen) atoms. The summed E-state index contributed by atoms with van der Waals surface area (Å²) in [5, 5.41) is 1.39. The molecule has 0 bridgehead atoms. The molecule has 1 unspecified atom stereocenters. The van der Waals surface area contributed by atoms with E-state index < -0.39 is 31.5 Å². The molecule has 0 fully saturated rings. The Morgan fingerprint density at radius 3 is 1.33 bits per heavy atom. The van der Waals surface area contributed by atoms with Crippen LogP contribution in [0, 0.1) is 0 Å². The van der Waals surface area contributed by atoms with Crippen molar-refractivity contribution in [3.8, 4) is 0 Å². The van der Waals surface area contributed by atoms with Crippen molar-refractivity contribution in [1.29, 1.82) is 0 Å². The zero-order valence-electron chi connectivity index (χ0n) is 15.2. The van der Waals surface area contributed by atoms with Gasteiger partial charge in [-0.2, -0.15) is 0 Å². The third-order valence-electron chi connectivity index (χ3n) is 4.53. The molecular weight excluding hydrogens is 343 g/mol. The molecule has 1 aromatic carbocycles. The molecule has 0 spiro atoms. The summed E-state index contributed by atoms with van der Waals surface area (Å²) in [6.45, 7) is 23.0. The lowest BCUT2D eigenvalue weighted by Crippen LogP contribution is -2.76. The number of hydrogen-bond donors (Lipinski definition) is 0. The monoisotopic (exact) mass is 374 g/mol. The SMILES string of the molecule is C[Si](C)(C)C(P(Cl)c1ccccc1)([Si](C)(C)C)[Si](C)(C)C. The van der Waals surface area contributed by atoms with Crippen LogP contribution in [-0.2, 0) is 0 Å². The first kappa shape index (κ1) is 19.6. The summed E-state index contributed by atoms with van der Waals surface area (Å²) in [4.78, 5) is 0. The standard InChI is InChI=1S/C16H32ClPSi3/c1-19(2,3)16(20(4,5)6,21(7,8)9)18(17)15-13-11-10-12-14-15/h10-14H,1-9H3. The van der Waals surface area contributed by atoms with E-state index in [2.05, 4.69) is 89.3 Å². The molecular formula is C16H32ClPSi3. The smallest absolute Gasteiger partial charge is 0.0516 e. The maximum Gasteiger partial charge on any atom is 0.0516 e. The molecule has 0 aliphatic rings. The summed E-state index contributed by atoms with van der Waals surface area (Å²) < 4.78 is 0.422. The second-order valence-corrected chi connectivity index (χ2v) is 30.4. The van der Waals surface area contributed by atoms with Gasteiger partial charge < -0.3 is 0 Å². The lowest BCUT2D eigenvalue weighted by atomic mass is 10.4. The molecule has 0 nitrogen and oxygen atoms in total. The maximum absolute atomic E-state index is 7.35. The third kappa shape index (κ3) is 3.42. The van der Waals surface area contributed by atoms with Gasteiger partial charge in [0.15, 0.2) is 0 Å². The molecule has 0 saturated heterocycles. The molecule has 0 aromatic heterocycles. The first-order chi connectivity index (χ1) is 9.27. The molecule has 0 aliphatic heterocycles. The van der Waals surface area contributed by atoms with E-state index in [1.54, 1.807) is 0 Å². The van der Waals surface area contributed by atoms with Crippen molar-refractivity contribution < 1.29 is 0 Å². The van der Waals surface area contributed by atoms with E-state index in [-0.39, 0.29) is 0 Å². The maximum atomic E-state index is 7.35. The van der Waals surface area contributed by atoms with Crippen molar-refractivity contribution in [3.05, 3.63) is 30.3 Å². The first-order valence-electron chi connectivity index (χ1n) is 7.78. The van der Waals surface area contributed by atoms with Crippen LogP contribution in [0.15, 0.2) is 30.3 Å². The molecule has 1 aromatic rings. The molecule has 0 radical (unpaired) electrons. The van der Waals surface area contributed by atoms with Gasteiger partial charge in [-0.05, 0) is 9.33 Å². The van der Waals surface area contributed by atoms with Crippen molar-refractivity contribution in [1.82, 2.24) is 0 Å². The number of hydrogen-bond acceptors (Lipinski definition) is 0. The van der Waals surface area contributed by atoms with E-state index in [0.29, 0.717) is 4.03 Å². The highest BCUT2D eigenvalue weighted by Gasteiger charge is 2.63. The van der Waals surface area contributed by atoms with Gasteiger partial charge in [0.1, 0.15) is 0 Å². The van der Waals surface area contributed by atoms with Crippen LogP contribution >= 0.6 is 18.5 Å². The highest BCUT2D eigenvalue weighted by Crippen LogP contribution is 2.64. The minimum Gasteiger partial charge on any atom is -0.0915 e. The largest absolute Gasteiger partial charge is 0.0915 e. The Hall–Kier alpha value is 0.591. The Kier molecular flexibility index (Phi) is 5.83. The highest BCUT2D eigenvalue weighted by atomic mass is 35.7. The Morgan fingerprint density at radius 2 is 1.05 bits per heavy atom. The van der Waals surface area contributed by atoms with Gasteiger partial charge in [-0.3, -0.25) is 0 Å². The fraction of sp³-hybridized carbons (Fsp3) is 0.625. The normalized spacial score (nSPS) is 15.9. The third-order valence-corrected chi connectivity index (χ3v) is 36.6. The summed E-state index contributed by atoms with van der Waals surface area (Å²) in [5.74, 6) is 0. The van der Waals surface area contributed by atoms with E-state index in [0.717, 1.165) is 0 Å². The summed E-state index contributed by atoms with van der Waals surface area (Å²) in [6, 6.07) is 10.9. The van der Waals surface area contributed by atoms with E-state index in [4.69, 9.17) is 11.2 Å². The van der Waals surface area contributed by atoms with E-state index in [9.17, 15) is 0 Å².